The predicted octanol–water partition coefficient (Wildman–Crippen LogP) is 17.8. The Kier molecular flexibility index (Phi) is 9.11. The van der Waals surface area contributed by atoms with E-state index in [4.69, 9.17) is 4.42 Å². The highest BCUT2D eigenvalue weighted by Gasteiger charge is 2.46. The minimum atomic E-state index is -0.544. The van der Waals surface area contributed by atoms with Crippen LogP contribution in [0.3, 0.4) is 0 Å². The van der Waals surface area contributed by atoms with Crippen LogP contribution < -0.4 is 4.90 Å². The molecule has 14 rings (SSSR count). The second-order valence-corrected chi connectivity index (χ2v) is 18.4. The number of anilines is 3. The first-order chi connectivity index (χ1) is 34.7. The lowest BCUT2D eigenvalue weighted by atomic mass is 9.67. The van der Waals surface area contributed by atoms with Gasteiger partial charge in [0.25, 0.3) is 0 Å². The number of furan rings is 1. The molecular formula is C67H44N2O. The van der Waals surface area contributed by atoms with Crippen molar-refractivity contribution in [2.24, 2.45) is 0 Å². The fourth-order valence-electron chi connectivity index (χ4n) is 11.7. The SMILES string of the molecule is c1ccc(-n2c3ccccc3c3oc4c(-c5cccc(N(c6ccc(-c7cccc8ccccc78)cc6)c6ccc7c(c6)C(c6ccccc6)(c6ccccc6)c6ccccc6-7)c5)cccc4c32)cc1. The van der Waals surface area contributed by atoms with Gasteiger partial charge in [0.1, 0.15) is 11.1 Å². The van der Waals surface area contributed by atoms with Crippen molar-refractivity contribution in [2.45, 2.75) is 5.41 Å². The van der Waals surface area contributed by atoms with Gasteiger partial charge >= 0.3 is 0 Å². The van der Waals surface area contributed by atoms with E-state index in [1.54, 1.807) is 0 Å². The van der Waals surface area contributed by atoms with E-state index in [-0.39, 0.29) is 0 Å². The molecule has 0 atom stereocenters. The van der Waals surface area contributed by atoms with Crippen molar-refractivity contribution in [2.75, 3.05) is 4.90 Å². The van der Waals surface area contributed by atoms with Crippen molar-refractivity contribution in [1.29, 1.82) is 0 Å². The van der Waals surface area contributed by atoms with Gasteiger partial charge < -0.3 is 13.9 Å². The molecule has 0 fully saturated rings. The molecule has 0 aliphatic heterocycles. The number of aromatic nitrogens is 1. The molecule has 1 aliphatic carbocycles. The number of rotatable bonds is 8. The van der Waals surface area contributed by atoms with Crippen LogP contribution in [0, 0.1) is 0 Å². The molecule has 0 N–H and O–H groups in total. The largest absolute Gasteiger partial charge is 0.453 e. The van der Waals surface area contributed by atoms with Crippen LogP contribution in [0.4, 0.5) is 17.1 Å². The summed E-state index contributed by atoms with van der Waals surface area (Å²) < 4.78 is 9.41. The van der Waals surface area contributed by atoms with E-state index in [1.807, 2.05) is 0 Å². The summed E-state index contributed by atoms with van der Waals surface area (Å²) in [6.45, 7) is 0. The third-order valence-corrected chi connectivity index (χ3v) is 14.7. The molecule has 0 unspecified atom stereocenters. The Bertz CT molecular complexity index is 4070. The zero-order chi connectivity index (χ0) is 46.2. The Balaban J connectivity index is 0.980. The molecule has 0 amide bonds. The van der Waals surface area contributed by atoms with Gasteiger partial charge in [-0.15, -0.1) is 0 Å². The normalized spacial score (nSPS) is 12.7. The van der Waals surface area contributed by atoms with Gasteiger partial charge in [0.15, 0.2) is 5.58 Å². The molecule has 0 saturated carbocycles. The van der Waals surface area contributed by atoms with Gasteiger partial charge in [-0.05, 0) is 128 Å². The molecule has 3 heteroatoms. The number of hydrogen-bond acceptors (Lipinski definition) is 2. The molecule has 0 radical (unpaired) electrons. The zero-order valence-electron chi connectivity index (χ0n) is 38.2. The van der Waals surface area contributed by atoms with Gasteiger partial charge in [0.05, 0.1) is 10.9 Å². The fourth-order valence-corrected chi connectivity index (χ4v) is 11.7. The van der Waals surface area contributed by atoms with E-state index in [0.29, 0.717) is 0 Å². The second-order valence-electron chi connectivity index (χ2n) is 18.4. The Morgan fingerprint density at radius 3 is 1.71 bits per heavy atom. The van der Waals surface area contributed by atoms with E-state index in [0.717, 1.165) is 66.8 Å². The Morgan fingerprint density at radius 2 is 0.914 bits per heavy atom. The van der Waals surface area contributed by atoms with Crippen LogP contribution in [0.2, 0.25) is 0 Å². The van der Waals surface area contributed by atoms with E-state index in [9.17, 15) is 0 Å². The minimum absolute atomic E-state index is 0.544. The first-order valence-corrected chi connectivity index (χ1v) is 24.1. The van der Waals surface area contributed by atoms with Gasteiger partial charge in [-0.2, -0.15) is 0 Å². The molecule has 0 spiro atoms. The third-order valence-electron chi connectivity index (χ3n) is 14.7. The van der Waals surface area contributed by atoms with Crippen LogP contribution >= 0.6 is 0 Å². The highest BCUT2D eigenvalue weighted by molar-refractivity contribution is 6.18. The second kappa shape index (κ2) is 16.0. The monoisotopic (exact) mass is 892 g/mol. The van der Waals surface area contributed by atoms with Crippen LogP contribution in [0.25, 0.3) is 82.8 Å². The van der Waals surface area contributed by atoms with Crippen LogP contribution in [0.15, 0.2) is 271 Å². The van der Waals surface area contributed by atoms with E-state index < -0.39 is 5.41 Å². The van der Waals surface area contributed by atoms with E-state index >= 15 is 0 Å². The van der Waals surface area contributed by atoms with Gasteiger partial charge in [0, 0.05) is 39.1 Å². The van der Waals surface area contributed by atoms with Crippen LogP contribution in [0.1, 0.15) is 22.3 Å². The first kappa shape index (κ1) is 39.9. The number of nitrogens with zero attached hydrogens (tertiary/aromatic N) is 2. The summed E-state index contributed by atoms with van der Waals surface area (Å²) in [5.41, 5.74) is 19.8. The summed E-state index contributed by atoms with van der Waals surface area (Å²) >= 11 is 0. The highest BCUT2D eigenvalue weighted by atomic mass is 16.3. The fraction of sp³-hybridized carbons (Fsp3) is 0.0149. The van der Waals surface area contributed by atoms with Crippen LogP contribution in [0.5, 0.6) is 0 Å². The smallest absolute Gasteiger partial charge is 0.161 e. The molecule has 328 valence electrons. The topological polar surface area (TPSA) is 21.3 Å². The molecule has 1 aliphatic rings. The lowest BCUT2D eigenvalue weighted by Crippen LogP contribution is -2.28. The maximum atomic E-state index is 7.06. The molecule has 13 aromatic rings. The summed E-state index contributed by atoms with van der Waals surface area (Å²) in [4.78, 5) is 2.43. The molecular weight excluding hydrogens is 849 g/mol. The van der Waals surface area contributed by atoms with Crippen molar-refractivity contribution < 1.29 is 4.42 Å². The molecule has 0 saturated heterocycles. The van der Waals surface area contributed by atoms with Crippen molar-refractivity contribution in [3.05, 3.63) is 289 Å². The summed E-state index contributed by atoms with van der Waals surface area (Å²) in [6, 6.07) is 97.2. The van der Waals surface area contributed by atoms with Gasteiger partial charge in [0.2, 0.25) is 0 Å². The molecule has 2 heterocycles. The first-order valence-electron chi connectivity index (χ1n) is 24.1. The lowest BCUT2D eigenvalue weighted by Gasteiger charge is -2.35. The molecule has 11 aromatic carbocycles. The van der Waals surface area contributed by atoms with Gasteiger partial charge in [-0.3, -0.25) is 0 Å². The minimum Gasteiger partial charge on any atom is -0.453 e. The molecule has 2 aromatic heterocycles. The zero-order valence-corrected chi connectivity index (χ0v) is 38.2. The van der Waals surface area contributed by atoms with Crippen molar-refractivity contribution in [1.82, 2.24) is 4.57 Å². The summed E-state index contributed by atoms with van der Waals surface area (Å²) in [7, 11) is 0. The van der Waals surface area contributed by atoms with E-state index in [1.165, 1.54) is 55.3 Å². The van der Waals surface area contributed by atoms with Crippen molar-refractivity contribution >= 4 is 60.8 Å². The Morgan fingerprint density at radius 1 is 0.343 bits per heavy atom. The predicted molar refractivity (Wildman–Crippen MR) is 291 cm³/mol. The highest BCUT2D eigenvalue weighted by Crippen LogP contribution is 2.57. The number of benzene rings is 11. The quantitative estimate of drug-likeness (QED) is 0.152. The average molecular weight is 893 g/mol. The van der Waals surface area contributed by atoms with Crippen LogP contribution in [-0.2, 0) is 5.41 Å². The maximum absolute atomic E-state index is 7.06. The average Bonchev–Trinajstić information content (AvgIpc) is 4.08. The Labute approximate surface area is 406 Å². The van der Waals surface area contributed by atoms with E-state index in [2.05, 4.69) is 276 Å². The van der Waals surface area contributed by atoms with Gasteiger partial charge in [-0.25, -0.2) is 0 Å². The standard InChI is InChI=1S/C67H44N2O/c1-4-22-48(23-5-1)67(49-24-6-2-7-25-49)61-35-14-12-30-57(61)58-42-41-53(44-62(58)67)68(51-39-37-46(38-40-51)55-32-17-20-45-19-10-11-29-54(45)55)52-28-16-21-47(43-52)56-33-18-34-60-64-66(70-65(56)60)59-31-13-15-36-63(59)69(64)50-26-8-3-9-27-50/h1-44H. The number of hydrogen-bond donors (Lipinski definition) is 0. The summed E-state index contributed by atoms with van der Waals surface area (Å²) in [5.74, 6) is 0. The molecule has 0 bridgehead atoms. The Hall–Kier alpha value is -9.18. The van der Waals surface area contributed by atoms with Crippen molar-refractivity contribution in [3.8, 4) is 39.1 Å². The third kappa shape index (κ3) is 6.01. The lowest BCUT2D eigenvalue weighted by molar-refractivity contribution is 0.674. The summed E-state index contributed by atoms with van der Waals surface area (Å²) in [5, 5.41) is 4.65. The maximum Gasteiger partial charge on any atom is 0.161 e. The molecule has 3 nitrogen and oxygen atoms in total. The molecule has 70 heavy (non-hydrogen) atoms. The van der Waals surface area contributed by atoms with Crippen molar-refractivity contribution in [3.63, 3.8) is 0 Å². The number of para-hydroxylation sites is 3. The van der Waals surface area contributed by atoms with Gasteiger partial charge in [-0.1, -0.05) is 200 Å². The summed E-state index contributed by atoms with van der Waals surface area (Å²) in [6.07, 6.45) is 0. The van der Waals surface area contributed by atoms with Crippen LogP contribution in [-0.4, -0.2) is 4.57 Å². The number of fused-ring (bicyclic) bond motifs is 9.